The SMILES string of the molecule is COc1ccc2c(c1)c1c(n2CCc2cccc(C)c2)CC(C)N(C)C1C. The number of benzene rings is 2. The predicted octanol–water partition coefficient (Wildman–Crippen LogP) is 5.14. The lowest BCUT2D eigenvalue weighted by Gasteiger charge is -2.37. The molecule has 142 valence electrons. The van der Waals surface area contributed by atoms with Gasteiger partial charge in [-0.15, -0.1) is 0 Å². The predicted molar refractivity (Wildman–Crippen MR) is 113 cm³/mol. The van der Waals surface area contributed by atoms with Crippen LogP contribution in [0.25, 0.3) is 10.9 Å². The Bertz CT molecular complexity index is 972. The zero-order valence-corrected chi connectivity index (χ0v) is 17.1. The van der Waals surface area contributed by atoms with Crippen LogP contribution in [0.2, 0.25) is 0 Å². The summed E-state index contributed by atoms with van der Waals surface area (Å²) in [5.41, 5.74) is 7.06. The lowest BCUT2D eigenvalue weighted by Crippen LogP contribution is -2.38. The van der Waals surface area contributed by atoms with Gasteiger partial charge in [-0.1, -0.05) is 29.8 Å². The minimum Gasteiger partial charge on any atom is -0.497 e. The van der Waals surface area contributed by atoms with Crippen LogP contribution in [0.15, 0.2) is 42.5 Å². The fourth-order valence-electron chi connectivity index (χ4n) is 4.60. The second-order valence-electron chi connectivity index (χ2n) is 8.03. The van der Waals surface area contributed by atoms with Gasteiger partial charge in [0.1, 0.15) is 5.75 Å². The largest absolute Gasteiger partial charge is 0.497 e. The third-order valence-corrected chi connectivity index (χ3v) is 6.34. The molecule has 1 aliphatic rings. The number of aromatic nitrogens is 1. The summed E-state index contributed by atoms with van der Waals surface area (Å²) in [6, 6.07) is 16.4. The van der Waals surface area contributed by atoms with Gasteiger partial charge in [0.2, 0.25) is 0 Å². The summed E-state index contributed by atoms with van der Waals surface area (Å²) in [4.78, 5) is 2.49. The van der Waals surface area contributed by atoms with Gasteiger partial charge in [-0.3, -0.25) is 4.90 Å². The smallest absolute Gasteiger partial charge is 0.119 e. The molecule has 1 aromatic heterocycles. The molecular weight excluding hydrogens is 332 g/mol. The van der Waals surface area contributed by atoms with Gasteiger partial charge in [0.15, 0.2) is 0 Å². The van der Waals surface area contributed by atoms with Crippen LogP contribution in [0, 0.1) is 6.92 Å². The van der Waals surface area contributed by atoms with E-state index in [9.17, 15) is 0 Å². The Morgan fingerprint density at radius 1 is 1.11 bits per heavy atom. The van der Waals surface area contributed by atoms with E-state index in [2.05, 4.69) is 79.8 Å². The van der Waals surface area contributed by atoms with Crippen LogP contribution in [-0.4, -0.2) is 29.7 Å². The minimum absolute atomic E-state index is 0.415. The first kappa shape index (κ1) is 18.1. The van der Waals surface area contributed by atoms with E-state index in [0.29, 0.717) is 12.1 Å². The Morgan fingerprint density at radius 2 is 1.93 bits per heavy atom. The molecule has 2 aromatic carbocycles. The summed E-state index contributed by atoms with van der Waals surface area (Å²) in [6.45, 7) is 7.85. The lowest BCUT2D eigenvalue weighted by molar-refractivity contribution is 0.177. The van der Waals surface area contributed by atoms with Crippen molar-refractivity contribution in [2.45, 2.75) is 52.2 Å². The van der Waals surface area contributed by atoms with Gasteiger partial charge in [-0.05, 0) is 63.6 Å². The first-order valence-electron chi connectivity index (χ1n) is 9.96. The van der Waals surface area contributed by atoms with E-state index < -0.39 is 0 Å². The Balaban J connectivity index is 1.81. The third-order valence-electron chi connectivity index (χ3n) is 6.34. The standard InChI is InChI=1S/C24H30N2O/c1-16-7-6-8-19(13-16)11-12-26-22-10-9-20(27-5)15-21(22)24-18(3)25(4)17(2)14-23(24)26/h6-10,13,15,17-18H,11-12,14H2,1-5H3. The first-order chi connectivity index (χ1) is 13.0. The van der Waals surface area contributed by atoms with E-state index >= 15 is 0 Å². The summed E-state index contributed by atoms with van der Waals surface area (Å²) in [5.74, 6) is 0.939. The van der Waals surface area contributed by atoms with E-state index in [0.717, 1.165) is 25.1 Å². The van der Waals surface area contributed by atoms with Crippen molar-refractivity contribution in [2.24, 2.45) is 0 Å². The van der Waals surface area contributed by atoms with Gasteiger partial charge in [-0.2, -0.15) is 0 Å². The van der Waals surface area contributed by atoms with Crippen molar-refractivity contribution < 1.29 is 4.74 Å². The monoisotopic (exact) mass is 362 g/mol. The second-order valence-corrected chi connectivity index (χ2v) is 8.03. The van der Waals surface area contributed by atoms with Gasteiger partial charge in [0.25, 0.3) is 0 Å². The highest BCUT2D eigenvalue weighted by Crippen LogP contribution is 2.40. The van der Waals surface area contributed by atoms with Gasteiger partial charge < -0.3 is 9.30 Å². The molecule has 0 amide bonds. The number of likely N-dealkylation sites (N-methyl/N-ethyl adjacent to an activating group) is 1. The Labute approximate surface area is 162 Å². The van der Waals surface area contributed by atoms with Crippen LogP contribution in [0.1, 0.15) is 42.3 Å². The number of methoxy groups -OCH3 is 1. The number of hydrogen-bond donors (Lipinski definition) is 0. The van der Waals surface area contributed by atoms with Gasteiger partial charge in [-0.25, -0.2) is 0 Å². The molecule has 0 spiro atoms. The Hall–Kier alpha value is -2.26. The molecule has 27 heavy (non-hydrogen) atoms. The molecule has 2 atom stereocenters. The molecule has 3 nitrogen and oxygen atoms in total. The number of ether oxygens (including phenoxy) is 1. The van der Waals surface area contributed by atoms with Gasteiger partial charge in [0, 0.05) is 41.6 Å². The summed E-state index contributed by atoms with van der Waals surface area (Å²) < 4.78 is 8.09. The van der Waals surface area contributed by atoms with Gasteiger partial charge in [0.05, 0.1) is 7.11 Å². The maximum absolute atomic E-state index is 5.53. The fourth-order valence-corrected chi connectivity index (χ4v) is 4.60. The third kappa shape index (κ3) is 3.14. The molecule has 3 heteroatoms. The Kier molecular flexibility index (Phi) is 4.73. The molecule has 4 rings (SSSR count). The molecule has 2 heterocycles. The summed E-state index contributed by atoms with van der Waals surface area (Å²) in [5, 5.41) is 1.35. The number of hydrogen-bond acceptors (Lipinski definition) is 2. The highest BCUT2D eigenvalue weighted by Gasteiger charge is 2.31. The maximum Gasteiger partial charge on any atom is 0.119 e. The second kappa shape index (κ2) is 7.05. The molecule has 0 N–H and O–H groups in total. The van der Waals surface area contributed by atoms with Crippen LogP contribution in [-0.2, 0) is 19.4 Å². The number of rotatable bonds is 4. The molecule has 0 saturated heterocycles. The summed E-state index contributed by atoms with van der Waals surface area (Å²) in [6.07, 6.45) is 2.16. The van der Waals surface area contributed by atoms with Crippen LogP contribution in [0.3, 0.4) is 0 Å². The molecule has 1 aliphatic heterocycles. The molecule has 0 fully saturated rings. The van der Waals surface area contributed by atoms with Crippen molar-refractivity contribution >= 4 is 10.9 Å². The van der Waals surface area contributed by atoms with Crippen molar-refractivity contribution in [3.05, 3.63) is 64.8 Å². The highest BCUT2D eigenvalue weighted by molar-refractivity contribution is 5.87. The maximum atomic E-state index is 5.53. The van der Waals surface area contributed by atoms with E-state index in [1.54, 1.807) is 7.11 Å². The number of aryl methyl sites for hydroxylation is 3. The van der Waals surface area contributed by atoms with Crippen LogP contribution in [0.5, 0.6) is 5.75 Å². The van der Waals surface area contributed by atoms with Crippen molar-refractivity contribution in [1.82, 2.24) is 9.47 Å². The zero-order valence-electron chi connectivity index (χ0n) is 17.1. The highest BCUT2D eigenvalue weighted by atomic mass is 16.5. The van der Waals surface area contributed by atoms with Crippen molar-refractivity contribution in [3.63, 3.8) is 0 Å². The van der Waals surface area contributed by atoms with Crippen molar-refractivity contribution in [1.29, 1.82) is 0 Å². The van der Waals surface area contributed by atoms with E-state index in [1.807, 2.05) is 0 Å². The molecule has 3 aromatic rings. The first-order valence-corrected chi connectivity index (χ1v) is 9.96. The molecule has 2 unspecified atom stereocenters. The minimum atomic E-state index is 0.415. The molecule has 0 bridgehead atoms. The van der Waals surface area contributed by atoms with Crippen LogP contribution in [0.4, 0.5) is 0 Å². The fraction of sp³-hybridized carbons (Fsp3) is 0.417. The van der Waals surface area contributed by atoms with Gasteiger partial charge >= 0.3 is 0 Å². The quantitative estimate of drug-likeness (QED) is 0.639. The van der Waals surface area contributed by atoms with E-state index in [4.69, 9.17) is 4.74 Å². The number of fused-ring (bicyclic) bond motifs is 3. The summed E-state index contributed by atoms with van der Waals surface area (Å²) in [7, 11) is 3.99. The normalized spacial score (nSPS) is 20.0. The molecule has 0 saturated carbocycles. The molecular formula is C24H30N2O. The molecule has 0 aliphatic carbocycles. The zero-order chi connectivity index (χ0) is 19.1. The van der Waals surface area contributed by atoms with Crippen molar-refractivity contribution in [2.75, 3.05) is 14.2 Å². The topological polar surface area (TPSA) is 17.4 Å². The number of nitrogens with zero attached hydrogens (tertiary/aromatic N) is 2. The average molecular weight is 363 g/mol. The van der Waals surface area contributed by atoms with Crippen molar-refractivity contribution in [3.8, 4) is 5.75 Å². The lowest BCUT2D eigenvalue weighted by atomic mass is 9.93. The van der Waals surface area contributed by atoms with E-state index in [1.165, 1.54) is 33.3 Å². The average Bonchev–Trinajstić information content (AvgIpc) is 2.97. The van der Waals surface area contributed by atoms with Crippen LogP contribution >= 0.6 is 0 Å². The van der Waals surface area contributed by atoms with Crippen LogP contribution < -0.4 is 4.74 Å². The molecule has 0 radical (unpaired) electrons. The Morgan fingerprint density at radius 3 is 2.67 bits per heavy atom. The summed E-state index contributed by atoms with van der Waals surface area (Å²) >= 11 is 0. The van der Waals surface area contributed by atoms with E-state index in [-0.39, 0.29) is 0 Å².